The van der Waals surface area contributed by atoms with E-state index in [1.165, 1.54) is 6.07 Å². The van der Waals surface area contributed by atoms with Crippen LogP contribution >= 0.6 is 0 Å². The Hall–Kier alpha value is -2.19. The van der Waals surface area contributed by atoms with E-state index in [2.05, 4.69) is 15.1 Å². The summed E-state index contributed by atoms with van der Waals surface area (Å²) in [5, 5.41) is 3.05. The Morgan fingerprint density at radius 3 is 2.63 bits per heavy atom. The van der Waals surface area contributed by atoms with Crippen molar-refractivity contribution in [1.29, 1.82) is 0 Å². The van der Waals surface area contributed by atoms with Crippen LogP contribution in [0.5, 0.6) is 0 Å². The molecule has 2 heterocycles. The SMILES string of the molecule is COCCN1C(=O)CC[C@@H](C(=O)NCCN2CCN(c3ccccc3F)CC2)[C@H]1C. The van der Waals surface area contributed by atoms with Gasteiger partial charge in [0, 0.05) is 65.4 Å². The first-order chi connectivity index (χ1) is 14.5. The van der Waals surface area contributed by atoms with Gasteiger partial charge in [0.2, 0.25) is 11.8 Å². The van der Waals surface area contributed by atoms with Gasteiger partial charge in [0.25, 0.3) is 0 Å². The van der Waals surface area contributed by atoms with Crippen LogP contribution in [-0.2, 0) is 14.3 Å². The molecular formula is C22H33FN4O3. The van der Waals surface area contributed by atoms with Crippen LogP contribution in [0.15, 0.2) is 24.3 Å². The molecule has 7 nitrogen and oxygen atoms in total. The number of likely N-dealkylation sites (tertiary alicyclic amines) is 1. The van der Waals surface area contributed by atoms with Gasteiger partial charge in [0.1, 0.15) is 5.82 Å². The fourth-order valence-corrected chi connectivity index (χ4v) is 4.37. The average Bonchev–Trinajstić information content (AvgIpc) is 2.74. The second-order valence-corrected chi connectivity index (χ2v) is 8.04. The fraction of sp³-hybridized carbons (Fsp3) is 0.636. The fourth-order valence-electron chi connectivity index (χ4n) is 4.37. The van der Waals surface area contributed by atoms with Gasteiger partial charge in [-0.1, -0.05) is 12.1 Å². The number of piperidine rings is 1. The van der Waals surface area contributed by atoms with E-state index in [4.69, 9.17) is 4.74 Å². The number of carbonyl (C=O) groups excluding carboxylic acids is 2. The van der Waals surface area contributed by atoms with E-state index >= 15 is 0 Å². The Morgan fingerprint density at radius 1 is 1.20 bits per heavy atom. The zero-order valence-electron chi connectivity index (χ0n) is 18.0. The predicted octanol–water partition coefficient (Wildman–Crippen LogP) is 1.34. The summed E-state index contributed by atoms with van der Waals surface area (Å²) in [6, 6.07) is 6.75. The topological polar surface area (TPSA) is 65.1 Å². The van der Waals surface area contributed by atoms with Crippen LogP contribution in [0.4, 0.5) is 10.1 Å². The van der Waals surface area contributed by atoms with Crippen molar-refractivity contribution >= 4 is 17.5 Å². The van der Waals surface area contributed by atoms with E-state index < -0.39 is 0 Å². The number of nitrogens with zero attached hydrogens (tertiary/aromatic N) is 3. The lowest BCUT2D eigenvalue weighted by Crippen LogP contribution is -2.53. The van der Waals surface area contributed by atoms with Gasteiger partial charge in [0.05, 0.1) is 18.2 Å². The molecule has 30 heavy (non-hydrogen) atoms. The summed E-state index contributed by atoms with van der Waals surface area (Å²) >= 11 is 0. The number of para-hydroxylation sites is 1. The summed E-state index contributed by atoms with van der Waals surface area (Å²) in [5.74, 6) is -0.256. The lowest BCUT2D eigenvalue weighted by atomic mass is 9.89. The second kappa shape index (κ2) is 10.7. The van der Waals surface area contributed by atoms with Crippen molar-refractivity contribution in [1.82, 2.24) is 15.1 Å². The molecule has 0 aliphatic carbocycles. The first kappa shape index (κ1) is 22.5. The molecule has 2 aliphatic heterocycles. The zero-order valence-corrected chi connectivity index (χ0v) is 18.0. The number of ether oxygens (including phenoxy) is 1. The number of hydrogen-bond acceptors (Lipinski definition) is 5. The molecule has 0 saturated carbocycles. The van der Waals surface area contributed by atoms with Gasteiger partial charge in [0.15, 0.2) is 0 Å². The molecule has 166 valence electrons. The number of carbonyl (C=O) groups is 2. The summed E-state index contributed by atoms with van der Waals surface area (Å²) in [4.78, 5) is 31.0. The quantitative estimate of drug-likeness (QED) is 0.688. The highest BCUT2D eigenvalue weighted by Crippen LogP contribution is 2.24. The van der Waals surface area contributed by atoms with Crippen molar-refractivity contribution in [2.24, 2.45) is 5.92 Å². The molecule has 0 bridgehead atoms. The van der Waals surface area contributed by atoms with Crippen molar-refractivity contribution in [2.45, 2.75) is 25.8 Å². The third kappa shape index (κ3) is 5.49. The summed E-state index contributed by atoms with van der Waals surface area (Å²) in [5.41, 5.74) is 0.657. The number of methoxy groups -OCH3 is 1. The van der Waals surface area contributed by atoms with Crippen LogP contribution < -0.4 is 10.2 Å². The van der Waals surface area contributed by atoms with Crippen LogP contribution in [0.25, 0.3) is 0 Å². The van der Waals surface area contributed by atoms with Crippen LogP contribution in [-0.4, -0.2) is 87.2 Å². The number of nitrogens with one attached hydrogen (secondary N) is 1. The van der Waals surface area contributed by atoms with E-state index in [1.54, 1.807) is 18.1 Å². The van der Waals surface area contributed by atoms with Gasteiger partial charge >= 0.3 is 0 Å². The lowest BCUT2D eigenvalue weighted by molar-refractivity contribution is -0.143. The summed E-state index contributed by atoms with van der Waals surface area (Å²) < 4.78 is 19.0. The lowest BCUT2D eigenvalue weighted by Gasteiger charge is -2.38. The Labute approximate surface area is 178 Å². The maximum absolute atomic E-state index is 14.0. The number of benzene rings is 1. The minimum absolute atomic E-state index is 0.0161. The Kier molecular flexibility index (Phi) is 8.04. The Bertz CT molecular complexity index is 724. The standard InChI is InChI=1S/C22H33FN4O3/c1-17-18(7-8-21(28)27(17)15-16-30-2)22(29)24-9-10-25-11-13-26(14-12-25)20-6-4-3-5-19(20)23/h3-6,17-18H,7-16H2,1-2H3,(H,24,29)/t17-,18-/m1/s1. The Morgan fingerprint density at radius 2 is 1.93 bits per heavy atom. The molecule has 1 aromatic carbocycles. The van der Waals surface area contributed by atoms with Gasteiger partial charge in [-0.05, 0) is 25.5 Å². The summed E-state index contributed by atoms with van der Waals surface area (Å²) in [6.45, 7) is 7.50. The largest absolute Gasteiger partial charge is 0.383 e. The molecule has 1 N–H and O–H groups in total. The monoisotopic (exact) mass is 420 g/mol. The first-order valence-electron chi connectivity index (χ1n) is 10.8. The second-order valence-electron chi connectivity index (χ2n) is 8.04. The van der Waals surface area contributed by atoms with Gasteiger partial charge in [-0.25, -0.2) is 4.39 Å². The minimum Gasteiger partial charge on any atom is -0.383 e. The number of amides is 2. The molecular weight excluding hydrogens is 387 g/mol. The normalized spacial score (nSPS) is 23.0. The number of hydrogen-bond donors (Lipinski definition) is 1. The maximum atomic E-state index is 14.0. The number of halogens is 1. The molecule has 2 atom stereocenters. The van der Waals surface area contributed by atoms with Crippen LogP contribution in [0.2, 0.25) is 0 Å². The van der Waals surface area contributed by atoms with E-state index in [9.17, 15) is 14.0 Å². The first-order valence-corrected chi connectivity index (χ1v) is 10.8. The number of anilines is 1. The van der Waals surface area contributed by atoms with Crippen molar-refractivity contribution in [2.75, 3.05) is 64.4 Å². The molecule has 1 aromatic rings. The maximum Gasteiger partial charge on any atom is 0.225 e. The van der Waals surface area contributed by atoms with Crippen LogP contribution in [0.3, 0.4) is 0 Å². The smallest absolute Gasteiger partial charge is 0.225 e. The van der Waals surface area contributed by atoms with E-state index in [-0.39, 0.29) is 29.6 Å². The van der Waals surface area contributed by atoms with Crippen LogP contribution in [0.1, 0.15) is 19.8 Å². The van der Waals surface area contributed by atoms with Gasteiger partial charge in [-0.15, -0.1) is 0 Å². The van der Waals surface area contributed by atoms with E-state index in [1.807, 2.05) is 19.1 Å². The highest BCUT2D eigenvalue weighted by molar-refractivity contribution is 5.84. The van der Waals surface area contributed by atoms with Crippen molar-refractivity contribution in [3.63, 3.8) is 0 Å². The zero-order chi connectivity index (χ0) is 21.5. The van der Waals surface area contributed by atoms with Crippen molar-refractivity contribution in [3.8, 4) is 0 Å². The molecule has 2 fully saturated rings. The van der Waals surface area contributed by atoms with Crippen LogP contribution in [0, 0.1) is 11.7 Å². The highest BCUT2D eigenvalue weighted by atomic mass is 19.1. The highest BCUT2D eigenvalue weighted by Gasteiger charge is 2.36. The van der Waals surface area contributed by atoms with Crippen molar-refractivity contribution < 1.29 is 18.7 Å². The molecule has 0 radical (unpaired) electrons. The Balaban J connectivity index is 1.41. The van der Waals surface area contributed by atoms with Crippen molar-refractivity contribution in [3.05, 3.63) is 30.1 Å². The molecule has 0 aromatic heterocycles. The molecule has 8 heteroatoms. The summed E-state index contributed by atoms with van der Waals surface area (Å²) in [6.07, 6.45) is 1.00. The molecule has 2 aliphatic rings. The van der Waals surface area contributed by atoms with E-state index in [0.717, 1.165) is 32.7 Å². The minimum atomic E-state index is -0.183. The average molecular weight is 421 g/mol. The third-order valence-electron chi connectivity index (χ3n) is 6.23. The molecule has 2 saturated heterocycles. The molecule has 0 spiro atoms. The van der Waals surface area contributed by atoms with Gasteiger partial charge < -0.3 is 19.9 Å². The van der Waals surface area contributed by atoms with E-state index in [0.29, 0.717) is 38.2 Å². The number of rotatable bonds is 8. The molecule has 3 rings (SSSR count). The third-order valence-corrected chi connectivity index (χ3v) is 6.23. The predicted molar refractivity (Wildman–Crippen MR) is 114 cm³/mol. The summed E-state index contributed by atoms with van der Waals surface area (Å²) in [7, 11) is 1.61. The number of piperazine rings is 1. The molecule has 2 amide bonds. The molecule has 0 unspecified atom stereocenters. The van der Waals surface area contributed by atoms with Gasteiger partial charge in [-0.3, -0.25) is 14.5 Å². The van der Waals surface area contributed by atoms with Gasteiger partial charge in [-0.2, -0.15) is 0 Å².